The molecule has 2 saturated heterocycles. The number of anilines is 2. The van der Waals surface area contributed by atoms with Crippen molar-refractivity contribution in [3.8, 4) is 0 Å². The Morgan fingerprint density at radius 1 is 0.926 bits per heavy atom. The summed E-state index contributed by atoms with van der Waals surface area (Å²) in [5, 5.41) is 0.537. The third-order valence-corrected chi connectivity index (χ3v) is 5.65. The summed E-state index contributed by atoms with van der Waals surface area (Å²) in [6.45, 7) is 3.39. The summed E-state index contributed by atoms with van der Waals surface area (Å²) in [6, 6.07) is 17.5. The summed E-state index contributed by atoms with van der Waals surface area (Å²) in [5.74, 6) is -0.257. The van der Waals surface area contributed by atoms with Gasteiger partial charge in [-0.05, 0) is 24.3 Å². The van der Waals surface area contributed by atoms with E-state index in [4.69, 9.17) is 11.6 Å². The quantitative estimate of drug-likeness (QED) is 0.818. The Labute approximate surface area is 164 Å². The van der Waals surface area contributed by atoms with Crippen LogP contribution in [0.4, 0.5) is 11.4 Å². The van der Waals surface area contributed by atoms with Gasteiger partial charge < -0.3 is 14.7 Å². The van der Waals surface area contributed by atoms with Crippen LogP contribution < -0.4 is 9.80 Å². The molecule has 2 aliphatic heterocycles. The molecule has 2 aromatic carbocycles. The molecule has 5 nitrogen and oxygen atoms in total. The van der Waals surface area contributed by atoms with E-state index in [0.29, 0.717) is 30.3 Å². The number of nitrogens with zero attached hydrogens (tertiary/aromatic N) is 3. The number of rotatable bonds is 3. The summed E-state index contributed by atoms with van der Waals surface area (Å²) < 4.78 is 0. The number of para-hydroxylation sites is 2. The maximum absolute atomic E-state index is 12.9. The van der Waals surface area contributed by atoms with Crippen molar-refractivity contribution in [3.63, 3.8) is 0 Å². The zero-order chi connectivity index (χ0) is 18.8. The fourth-order valence-corrected chi connectivity index (χ4v) is 4.10. The molecule has 6 heteroatoms. The summed E-state index contributed by atoms with van der Waals surface area (Å²) in [6.07, 6.45) is 0.253. The fraction of sp³-hybridized carbons (Fsp3) is 0.333. The molecule has 0 bridgehead atoms. The molecule has 0 aliphatic carbocycles. The molecule has 1 atom stereocenters. The molecule has 2 fully saturated rings. The minimum Gasteiger partial charge on any atom is -0.368 e. The van der Waals surface area contributed by atoms with Gasteiger partial charge in [0.1, 0.15) is 0 Å². The molecular formula is C21H22ClN3O2. The van der Waals surface area contributed by atoms with Crippen LogP contribution in [0.5, 0.6) is 0 Å². The standard InChI is InChI=1S/C21H22ClN3O2/c22-18-8-4-5-9-19(18)25-15-16(14-20(25)26)21(27)24-12-10-23(11-13-24)17-6-2-1-3-7-17/h1-9,16H,10-15H2. The lowest BCUT2D eigenvalue weighted by atomic mass is 10.1. The largest absolute Gasteiger partial charge is 0.368 e. The topological polar surface area (TPSA) is 43.9 Å². The Morgan fingerprint density at radius 3 is 2.30 bits per heavy atom. The molecule has 0 saturated carbocycles. The number of amides is 2. The Kier molecular flexibility index (Phi) is 5.03. The molecule has 0 N–H and O–H groups in total. The van der Waals surface area contributed by atoms with E-state index in [2.05, 4.69) is 17.0 Å². The normalized spacial score (nSPS) is 20.3. The molecule has 2 aromatic rings. The van der Waals surface area contributed by atoms with Crippen molar-refractivity contribution in [2.75, 3.05) is 42.5 Å². The first-order valence-electron chi connectivity index (χ1n) is 9.27. The van der Waals surface area contributed by atoms with Crippen molar-refractivity contribution < 1.29 is 9.59 Å². The monoisotopic (exact) mass is 383 g/mol. The predicted octanol–water partition coefficient (Wildman–Crippen LogP) is 3.04. The first-order valence-corrected chi connectivity index (χ1v) is 9.65. The van der Waals surface area contributed by atoms with E-state index in [1.165, 1.54) is 5.69 Å². The number of piperazine rings is 1. The molecule has 2 heterocycles. The van der Waals surface area contributed by atoms with Crippen molar-refractivity contribution in [3.05, 3.63) is 59.6 Å². The number of carbonyl (C=O) groups excluding carboxylic acids is 2. The van der Waals surface area contributed by atoms with Crippen LogP contribution in [0.25, 0.3) is 0 Å². The predicted molar refractivity (Wildman–Crippen MR) is 107 cm³/mol. The Balaban J connectivity index is 1.38. The highest BCUT2D eigenvalue weighted by molar-refractivity contribution is 6.33. The van der Waals surface area contributed by atoms with Crippen LogP contribution in [0, 0.1) is 5.92 Å². The van der Waals surface area contributed by atoms with E-state index < -0.39 is 0 Å². The van der Waals surface area contributed by atoms with Gasteiger partial charge in [-0.3, -0.25) is 9.59 Å². The smallest absolute Gasteiger partial charge is 0.228 e. The molecule has 27 heavy (non-hydrogen) atoms. The first-order chi connectivity index (χ1) is 13.1. The second kappa shape index (κ2) is 7.61. The number of hydrogen-bond acceptors (Lipinski definition) is 3. The van der Waals surface area contributed by atoms with Gasteiger partial charge in [-0.25, -0.2) is 0 Å². The summed E-state index contributed by atoms with van der Waals surface area (Å²) >= 11 is 6.23. The summed E-state index contributed by atoms with van der Waals surface area (Å²) in [7, 11) is 0. The van der Waals surface area contributed by atoms with Gasteiger partial charge in [0.05, 0.1) is 16.6 Å². The fourth-order valence-electron chi connectivity index (χ4n) is 3.86. The zero-order valence-corrected chi connectivity index (χ0v) is 15.8. The van der Waals surface area contributed by atoms with E-state index in [0.717, 1.165) is 13.1 Å². The van der Waals surface area contributed by atoms with E-state index in [1.807, 2.05) is 41.3 Å². The summed E-state index contributed by atoms with van der Waals surface area (Å²) in [5.41, 5.74) is 1.87. The zero-order valence-electron chi connectivity index (χ0n) is 15.1. The number of halogens is 1. The van der Waals surface area contributed by atoms with Gasteiger partial charge in [0.25, 0.3) is 0 Å². The minimum atomic E-state index is -0.294. The molecule has 0 aromatic heterocycles. The maximum Gasteiger partial charge on any atom is 0.228 e. The van der Waals surface area contributed by atoms with Gasteiger partial charge in [-0.2, -0.15) is 0 Å². The molecule has 0 spiro atoms. The number of hydrogen-bond donors (Lipinski definition) is 0. The van der Waals surface area contributed by atoms with Crippen molar-refractivity contribution in [1.82, 2.24) is 4.90 Å². The average Bonchev–Trinajstić information content (AvgIpc) is 3.10. The highest BCUT2D eigenvalue weighted by Gasteiger charge is 2.38. The highest BCUT2D eigenvalue weighted by atomic mass is 35.5. The lowest BCUT2D eigenvalue weighted by Crippen LogP contribution is -2.50. The lowest BCUT2D eigenvalue weighted by molar-refractivity contribution is -0.136. The van der Waals surface area contributed by atoms with Crippen molar-refractivity contribution >= 4 is 34.8 Å². The van der Waals surface area contributed by atoms with Crippen LogP contribution in [0.3, 0.4) is 0 Å². The van der Waals surface area contributed by atoms with Gasteiger partial charge in [0.15, 0.2) is 0 Å². The van der Waals surface area contributed by atoms with E-state index in [1.54, 1.807) is 11.0 Å². The Bertz CT molecular complexity index is 834. The van der Waals surface area contributed by atoms with Gasteiger partial charge in [0, 0.05) is 44.8 Å². The van der Waals surface area contributed by atoms with Crippen LogP contribution >= 0.6 is 11.6 Å². The SMILES string of the molecule is O=C(C1CC(=O)N(c2ccccc2Cl)C1)N1CCN(c2ccccc2)CC1. The first kappa shape index (κ1) is 17.9. The van der Waals surface area contributed by atoms with Crippen molar-refractivity contribution in [2.45, 2.75) is 6.42 Å². The second-order valence-corrected chi connectivity index (χ2v) is 7.41. The maximum atomic E-state index is 12.9. The minimum absolute atomic E-state index is 0.0376. The molecule has 4 rings (SSSR count). The molecule has 2 amide bonds. The van der Waals surface area contributed by atoms with Crippen LogP contribution in [0.15, 0.2) is 54.6 Å². The van der Waals surface area contributed by atoms with E-state index in [9.17, 15) is 9.59 Å². The van der Waals surface area contributed by atoms with E-state index >= 15 is 0 Å². The van der Waals surface area contributed by atoms with Gasteiger partial charge in [-0.15, -0.1) is 0 Å². The van der Waals surface area contributed by atoms with Gasteiger partial charge in [-0.1, -0.05) is 41.9 Å². The van der Waals surface area contributed by atoms with Gasteiger partial charge >= 0.3 is 0 Å². The molecule has 1 unspecified atom stereocenters. The lowest BCUT2D eigenvalue weighted by Gasteiger charge is -2.37. The molecule has 0 radical (unpaired) electrons. The van der Waals surface area contributed by atoms with Crippen LogP contribution in [-0.4, -0.2) is 49.4 Å². The third kappa shape index (κ3) is 3.65. The number of benzene rings is 2. The Hall–Kier alpha value is -2.53. The molecule has 2 aliphatic rings. The van der Waals surface area contributed by atoms with Crippen LogP contribution in [0.2, 0.25) is 5.02 Å². The number of carbonyl (C=O) groups is 2. The average molecular weight is 384 g/mol. The van der Waals surface area contributed by atoms with E-state index in [-0.39, 0.29) is 24.2 Å². The third-order valence-electron chi connectivity index (χ3n) is 5.33. The Morgan fingerprint density at radius 2 is 1.59 bits per heavy atom. The molecular weight excluding hydrogens is 362 g/mol. The van der Waals surface area contributed by atoms with Gasteiger partial charge in [0.2, 0.25) is 11.8 Å². The van der Waals surface area contributed by atoms with Crippen molar-refractivity contribution in [1.29, 1.82) is 0 Å². The highest BCUT2D eigenvalue weighted by Crippen LogP contribution is 2.31. The summed E-state index contributed by atoms with van der Waals surface area (Å²) in [4.78, 5) is 31.2. The second-order valence-electron chi connectivity index (χ2n) is 7.00. The molecule has 140 valence electrons. The van der Waals surface area contributed by atoms with Crippen LogP contribution in [-0.2, 0) is 9.59 Å². The van der Waals surface area contributed by atoms with Crippen LogP contribution in [0.1, 0.15) is 6.42 Å². The van der Waals surface area contributed by atoms with Crippen molar-refractivity contribution in [2.24, 2.45) is 5.92 Å².